The highest BCUT2D eigenvalue weighted by Gasteiger charge is 2.24. The van der Waals surface area contributed by atoms with Crippen LogP contribution in [0.1, 0.15) is 48.0 Å². The van der Waals surface area contributed by atoms with Gasteiger partial charge in [-0.3, -0.25) is 4.79 Å². The molecule has 0 heterocycles. The molecule has 0 aromatic heterocycles. The summed E-state index contributed by atoms with van der Waals surface area (Å²) in [4.78, 5) is 11.9. The number of nitrogens with two attached hydrogens (primary N) is 1. The lowest BCUT2D eigenvalue weighted by molar-refractivity contribution is -0.126. The van der Waals surface area contributed by atoms with Gasteiger partial charge in [0.25, 0.3) is 0 Å². The topological polar surface area (TPSA) is 55.1 Å². The zero-order chi connectivity index (χ0) is 13.0. The van der Waals surface area contributed by atoms with Crippen LogP contribution in [0.2, 0.25) is 0 Å². The first-order valence-electron chi connectivity index (χ1n) is 6.03. The van der Waals surface area contributed by atoms with Crippen LogP contribution in [0.5, 0.6) is 0 Å². The average molecular weight is 228 g/mol. The molecule has 0 aliphatic carbocycles. The number of hydrogen-bond donors (Lipinski definition) is 2. The summed E-state index contributed by atoms with van der Waals surface area (Å²) in [6, 6.07) is 0. The van der Waals surface area contributed by atoms with Crippen molar-refractivity contribution in [2.75, 3.05) is 13.1 Å². The van der Waals surface area contributed by atoms with Crippen molar-refractivity contribution < 1.29 is 4.79 Å². The highest BCUT2D eigenvalue weighted by molar-refractivity contribution is 5.78. The van der Waals surface area contributed by atoms with Crippen molar-refractivity contribution in [3.05, 3.63) is 0 Å². The van der Waals surface area contributed by atoms with Crippen LogP contribution in [0.25, 0.3) is 0 Å². The minimum Gasteiger partial charge on any atom is -0.355 e. The highest BCUT2D eigenvalue weighted by Crippen LogP contribution is 2.24. The van der Waals surface area contributed by atoms with E-state index < -0.39 is 0 Å². The summed E-state index contributed by atoms with van der Waals surface area (Å²) in [5, 5.41) is 2.98. The third-order valence-corrected chi connectivity index (χ3v) is 2.31. The van der Waals surface area contributed by atoms with Crippen LogP contribution in [0, 0.1) is 16.7 Å². The van der Waals surface area contributed by atoms with Gasteiger partial charge in [0.05, 0.1) is 5.92 Å². The SMILES string of the molecule is CC(C)(C)CNC(=O)C(CN)CC(C)(C)C. The maximum Gasteiger partial charge on any atom is 0.224 e. The Kier molecular flexibility index (Phi) is 5.47. The van der Waals surface area contributed by atoms with E-state index >= 15 is 0 Å². The molecule has 0 rings (SSSR count). The minimum atomic E-state index is -0.0673. The van der Waals surface area contributed by atoms with Gasteiger partial charge >= 0.3 is 0 Å². The summed E-state index contributed by atoms with van der Waals surface area (Å²) in [6.45, 7) is 13.8. The Morgan fingerprint density at radius 1 is 1.12 bits per heavy atom. The lowest BCUT2D eigenvalue weighted by atomic mass is 9.84. The summed E-state index contributed by atoms with van der Waals surface area (Å²) in [5.41, 5.74) is 5.92. The number of hydrogen-bond acceptors (Lipinski definition) is 2. The van der Waals surface area contributed by atoms with Gasteiger partial charge in [0.2, 0.25) is 5.91 Å². The Labute approximate surface area is 100 Å². The summed E-state index contributed by atoms with van der Waals surface area (Å²) >= 11 is 0. The van der Waals surface area contributed by atoms with Gasteiger partial charge in [-0.25, -0.2) is 0 Å². The zero-order valence-corrected chi connectivity index (χ0v) is 11.7. The third kappa shape index (κ3) is 7.69. The molecule has 0 aromatic rings. The predicted octanol–water partition coefficient (Wildman–Crippen LogP) is 2.16. The van der Waals surface area contributed by atoms with Gasteiger partial charge in [-0.1, -0.05) is 41.5 Å². The van der Waals surface area contributed by atoms with Crippen LogP contribution >= 0.6 is 0 Å². The molecule has 0 radical (unpaired) electrons. The lowest BCUT2D eigenvalue weighted by Gasteiger charge is -2.26. The largest absolute Gasteiger partial charge is 0.355 e. The van der Waals surface area contributed by atoms with Gasteiger partial charge in [-0.2, -0.15) is 0 Å². The van der Waals surface area contributed by atoms with Crippen molar-refractivity contribution in [3.8, 4) is 0 Å². The van der Waals surface area contributed by atoms with Gasteiger partial charge in [-0.05, 0) is 17.3 Å². The van der Waals surface area contributed by atoms with Crippen LogP contribution in [-0.4, -0.2) is 19.0 Å². The van der Waals surface area contributed by atoms with Crippen LogP contribution < -0.4 is 11.1 Å². The third-order valence-electron chi connectivity index (χ3n) is 2.31. The maximum atomic E-state index is 11.9. The molecule has 3 nitrogen and oxygen atoms in total. The highest BCUT2D eigenvalue weighted by atomic mass is 16.1. The summed E-state index contributed by atoms with van der Waals surface area (Å²) < 4.78 is 0. The Morgan fingerprint density at radius 2 is 1.62 bits per heavy atom. The Hall–Kier alpha value is -0.570. The lowest BCUT2D eigenvalue weighted by Crippen LogP contribution is -2.40. The van der Waals surface area contributed by atoms with Gasteiger partial charge < -0.3 is 11.1 Å². The quantitative estimate of drug-likeness (QED) is 0.774. The molecule has 0 saturated carbocycles. The van der Waals surface area contributed by atoms with E-state index in [1.165, 1.54) is 0 Å². The van der Waals surface area contributed by atoms with E-state index in [0.717, 1.165) is 6.42 Å². The van der Waals surface area contributed by atoms with Gasteiger partial charge in [0, 0.05) is 13.1 Å². The number of carbonyl (C=O) groups is 1. The molecular formula is C13H28N2O. The maximum absolute atomic E-state index is 11.9. The fourth-order valence-corrected chi connectivity index (χ4v) is 1.52. The first kappa shape index (κ1) is 15.4. The van der Waals surface area contributed by atoms with Crippen LogP contribution in [-0.2, 0) is 4.79 Å². The number of rotatable bonds is 4. The minimum absolute atomic E-state index is 0.0673. The second-order valence-corrected chi connectivity index (χ2v) is 6.98. The first-order valence-corrected chi connectivity index (χ1v) is 6.03. The second kappa shape index (κ2) is 5.67. The zero-order valence-electron chi connectivity index (χ0n) is 11.7. The molecule has 0 spiro atoms. The Bertz CT molecular complexity index is 223. The summed E-state index contributed by atoms with van der Waals surface area (Å²) in [5.74, 6) is 0.0229. The molecule has 3 heteroatoms. The normalized spacial score (nSPS) is 14.7. The molecule has 0 aliphatic rings. The smallest absolute Gasteiger partial charge is 0.224 e. The molecule has 0 bridgehead atoms. The molecule has 1 atom stereocenters. The molecular weight excluding hydrogens is 200 g/mol. The van der Waals surface area contributed by atoms with Crippen molar-refractivity contribution in [2.24, 2.45) is 22.5 Å². The molecule has 0 saturated heterocycles. The molecule has 16 heavy (non-hydrogen) atoms. The standard InChI is InChI=1S/C13H28N2O/c1-12(2,3)7-10(8-14)11(16)15-9-13(4,5)6/h10H,7-9,14H2,1-6H3,(H,15,16). The van der Waals surface area contributed by atoms with Crippen molar-refractivity contribution in [2.45, 2.75) is 48.0 Å². The van der Waals surface area contributed by atoms with Crippen molar-refractivity contribution >= 4 is 5.91 Å². The van der Waals surface area contributed by atoms with E-state index in [0.29, 0.717) is 13.1 Å². The van der Waals surface area contributed by atoms with E-state index in [4.69, 9.17) is 5.73 Å². The van der Waals surface area contributed by atoms with E-state index in [1.54, 1.807) is 0 Å². The summed E-state index contributed by atoms with van der Waals surface area (Å²) in [7, 11) is 0. The Morgan fingerprint density at radius 3 is 1.94 bits per heavy atom. The van der Waals surface area contributed by atoms with Crippen molar-refractivity contribution in [1.82, 2.24) is 5.32 Å². The molecule has 1 amide bonds. The van der Waals surface area contributed by atoms with Crippen molar-refractivity contribution in [1.29, 1.82) is 0 Å². The van der Waals surface area contributed by atoms with Crippen molar-refractivity contribution in [3.63, 3.8) is 0 Å². The fraction of sp³-hybridized carbons (Fsp3) is 0.923. The number of nitrogens with one attached hydrogen (secondary N) is 1. The average Bonchev–Trinajstić information content (AvgIpc) is 2.07. The predicted molar refractivity (Wildman–Crippen MR) is 69.1 cm³/mol. The van der Waals surface area contributed by atoms with E-state index in [9.17, 15) is 4.79 Å². The first-order chi connectivity index (χ1) is 7.05. The van der Waals surface area contributed by atoms with Gasteiger partial charge in [0.1, 0.15) is 0 Å². The Balaban J connectivity index is 4.22. The van der Waals surface area contributed by atoms with Crippen LogP contribution in [0.3, 0.4) is 0 Å². The number of carbonyl (C=O) groups excluding carboxylic acids is 1. The molecule has 96 valence electrons. The molecule has 0 aliphatic heterocycles. The second-order valence-electron chi connectivity index (χ2n) is 6.98. The van der Waals surface area contributed by atoms with Gasteiger partial charge in [-0.15, -0.1) is 0 Å². The molecule has 3 N–H and O–H groups in total. The molecule has 0 fully saturated rings. The van der Waals surface area contributed by atoms with E-state index in [-0.39, 0.29) is 22.7 Å². The number of amides is 1. The van der Waals surface area contributed by atoms with Gasteiger partial charge in [0.15, 0.2) is 0 Å². The van der Waals surface area contributed by atoms with Crippen LogP contribution in [0.4, 0.5) is 0 Å². The molecule has 0 aromatic carbocycles. The fourth-order valence-electron chi connectivity index (χ4n) is 1.52. The van der Waals surface area contributed by atoms with Crippen LogP contribution in [0.15, 0.2) is 0 Å². The monoisotopic (exact) mass is 228 g/mol. The summed E-state index contributed by atoms with van der Waals surface area (Å²) in [6.07, 6.45) is 0.833. The molecule has 1 unspecified atom stereocenters. The van der Waals surface area contributed by atoms with E-state index in [2.05, 4.69) is 46.9 Å². The van der Waals surface area contributed by atoms with E-state index in [1.807, 2.05) is 0 Å².